The van der Waals surface area contributed by atoms with Gasteiger partial charge in [-0.2, -0.15) is 0 Å². The number of hydrogen-bond donors (Lipinski definition) is 0. The lowest BCUT2D eigenvalue weighted by atomic mass is 9.93. The Morgan fingerprint density at radius 1 is 0.226 bits per heavy atom. The molecule has 0 saturated carbocycles. The van der Waals surface area contributed by atoms with Gasteiger partial charge in [0.2, 0.25) is 0 Å². The van der Waals surface area contributed by atoms with E-state index < -0.39 is 0 Å². The van der Waals surface area contributed by atoms with Crippen molar-refractivity contribution in [3.63, 3.8) is 0 Å². The average Bonchev–Trinajstić information content (AvgIpc) is 3.25. The molecule has 0 heterocycles. The fourth-order valence-corrected chi connectivity index (χ4v) is 7.39. The molecular weight excluding hydrogens is 639 g/mol. The summed E-state index contributed by atoms with van der Waals surface area (Å²) in [7, 11) is 0. The molecule has 0 aliphatic heterocycles. The van der Waals surface area contributed by atoms with Crippen LogP contribution in [0, 0.1) is 0 Å². The van der Waals surface area contributed by atoms with Crippen molar-refractivity contribution in [2.75, 3.05) is 4.90 Å². The molecule has 0 N–H and O–H groups in total. The third-order valence-electron chi connectivity index (χ3n) is 10.1. The lowest BCUT2D eigenvalue weighted by Gasteiger charge is -2.29. The van der Waals surface area contributed by atoms with Crippen LogP contribution in [0.4, 0.5) is 17.1 Å². The van der Waals surface area contributed by atoms with Crippen molar-refractivity contribution in [2.45, 2.75) is 0 Å². The van der Waals surface area contributed by atoms with Crippen LogP contribution in [0.3, 0.4) is 0 Å². The first-order valence-electron chi connectivity index (χ1n) is 18.2. The molecule has 0 unspecified atom stereocenters. The van der Waals surface area contributed by atoms with Crippen molar-refractivity contribution < 1.29 is 0 Å². The lowest BCUT2D eigenvalue weighted by molar-refractivity contribution is 1.28. The molecule has 53 heavy (non-hydrogen) atoms. The van der Waals surface area contributed by atoms with Crippen molar-refractivity contribution >= 4 is 27.8 Å². The highest BCUT2D eigenvalue weighted by molar-refractivity contribution is 5.94. The SMILES string of the molecule is c1ccc(-c2ccc(N(c3ccc(-c4cccc(-c5ccc6ccccc6c5)c4)cc3)c3ccccc3-c3ccccc3-c3ccccc3)cc2)cc1. The maximum Gasteiger partial charge on any atom is 0.0540 e. The van der Waals surface area contributed by atoms with Gasteiger partial charge in [-0.1, -0.05) is 182 Å². The Morgan fingerprint density at radius 2 is 0.660 bits per heavy atom. The molecule has 9 aromatic rings. The van der Waals surface area contributed by atoms with Gasteiger partial charge in [-0.3, -0.25) is 0 Å². The first kappa shape index (κ1) is 32.0. The van der Waals surface area contributed by atoms with Crippen molar-refractivity contribution in [1.29, 1.82) is 0 Å². The minimum absolute atomic E-state index is 1.09. The van der Waals surface area contributed by atoms with Gasteiger partial charge in [0, 0.05) is 16.9 Å². The Kier molecular flexibility index (Phi) is 8.66. The second kappa shape index (κ2) is 14.3. The van der Waals surface area contributed by atoms with Crippen LogP contribution < -0.4 is 4.90 Å². The monoisotopic (exact) mass is 675 g/mol. The zero-order chi connectivity index (χ0) is 35.4. The second-order valence-electron chi connectivity index (χ2n) is 13.4. The molecule has 0 amide bonds. The summed E-state index contributed by atoms with van der Waals surface area (Å²) in [5, 5.41) is 2.51. The van der Waals surface area contributed by atoms with Crippen LogP contribution in [0.1, 0.15) is 0 Å². The van der Waals surface area contributed by atoms with E-state index in [0.29, 0.717) is 0 Å². The van der Waals surface area contributed by atoms with Gasteiger partial charge in [0.05, 0.1) is 5.69 Å². The molecule has 0 fully saturated rings. The predicted molar refractivity (Wildman–Crippen MR) is 226 cm³/mol. The number of hydrogen-bond acceptors (Lipinski definition) is 1. The summed E-state index contributed by atoms with van der Waals surface area (Å²) in [6.07, 6.45) is 0. The van der Waals surface area contributed by atoms with Crippen LogP contribution in [0.25, 0.3) is 66.4 Å². The third-order valence-corrected chi connectivity index (χ3v) is 10.1. The maximum absolute atomic E-state index is 2.39. The summed E-state index contributed by atoms with van der Waals surface area (Å²) in [5.74, 6) is 0. The zero-order valence-corrected chi connectivity index (χ0v) is 29.3. The van der Waals surface area contributed by atoms with Crippen molar-refractivity contribution in [3.8, 4) is 55.6 Å². The highest BCUT2D eigenvalue weighted by Gasteiger charge is 2.19. The molecule has 0 aliphatic carbocycles. The lowest BCUT2D eigenvalue weighted by Crippen LogP contribution is -2.11. The summed E-state index contributed by atoms with van der Waals surface area (Å²) >= 11 is 0. The topological polar surface area (TPSA) is 3.24 Å². The number of benzene rings is 9. The van der Waals surface area contributed by atoms with E-state index >= 15 is 0 Å². The molecule has 0 radical (unpaired) electrons. The summed E-state index contributed by atoms with van der Waals surface area (Å²) in [4.78, 5) is 2.39. The molecule has 1 nitrogen and oxygen atoms in total. The molecule has 9 aromatic carbocycles. The second-order valence-corrected chi connectivity index (χ2v) is 13.4. The molecule has 1 heteroatoms. The highest BCUT2D eigenvalue weighted by Crippen LogP contribution is 2.44. The van der Waals surface area contributed by atoms with E-state index in [4.69, 9.17) is 0 Å². The van der Waals surface area contributed by atoms with Crippen LogP contribution in [-0.2, 0) is 0 Å². The van der Waals surface area contributed by atoms with E-state index in [-0.39, 0.29) is 0 Å². The standard InChI is InChI=1S/C52H37N/c1-3-14-38(15-4-1)40-28-32-47(33-29-40)53(52-25-12-11-24-51(52)50-23-10-9-22-49(50)42-17-5-2-6-18-42)48-34-30-41(31-35-48)44-20-13-21-45(36-44)46-27-26-39-16-7-8-19-43(39)37-46/h1-37H. The number of anilines is 3. The number of nitrogens with zero attached hydrogens (tertiary/aromatic N) is 1. The first-order valence-corrected chi connectivity index (χ1v) is 18.2. The van der Waals surface area contributed by atoms with Crippen LogP contribution >= 0.6 is 0 Å². The van der Waals surface area contributed by atoms with Gasteiger partial charge in [0.1, 0.15) is 0 Å². The van der Waals surface area contributed by atoms with Crippen molar-refractivity contribution in [1.82, 2.24) is 0 Å². The first-order chi connectivity index (χ1) is 26.3. The molecule has 0 bridgehead atoms. The largest absolute Gasteiger partial charge is 0.310 e. The van der Waals surface area contributed by atoms with Gasteiger partial charge >= 0.3 is 0 Å². The Labute approximate surface area is 311 Å². The molecule has 0 atom stereocenters. The van der Waals surface area contributed by atoms with Crippen molar-refractivity contribution in [3.05, 3.63) is 224 Å². The minimum atomic E-state index is 1.09. The quantitative estimate of drug-likeness (QED) is 0.155. The zero-order valence-electron chi connectivity index (χ0n) is 29.3. The van der Waals surface area contributed by atoms with Gasteiger partial charge in [-0.05, 0) is 103 Å². The van der Waals surface area contributed by atoms with Gasteiger partial charge in [-0.25, -0.2) is 0 Å². The molecule has 0 aliphatic rings. The summed E-state index contributed by atoms with van der Waals surface area (Å²) in [5.41, 5.74) is 15.3. The average molecular weight is 676 g/mol. The molecule has 0 spiro atoms. The van der Waals surface area contributed by atoms with E-state index in [0.717, 1.165) is 17.1 Å². The number of para-hydroxylation sites is 1. The Balaban J connectivity index is 1.13. The molecule has 250 valence electrons. The summed E-state index contributed by atoms with van der Waals surface area (Å²) < 4.78 is 0. The molecule has 0 aromatic heterocycles. The maximum atomic E-state index is 2.39. The van der Waals surface area contributed by atoms with Gasteiger partial charge in [-0.15, -0.1) is 0 Å². The van der Waals surface area contributed by atoms with E-state index in [2.05, 4.69) is 229 Å². The van der Waals surface area contributed by atoms with Crippen LogP contribution in [0.5, 0.6) is 0 Å². The summed E-state index contributed by atoms with van der Waals surface area (Å²) in [6, 6.07) is 80.8. The number of fused-ring (bicyclic) bond motifs is 1. The fourth-order valence-electron chi connectivity index (χ4n) is 7.39. The van der Waals surface area contributed by atoms with Gasteiger partial charge in [0.15, 0.2) is 0 Å². The molecule has 9 rings (SSSR count). The Hall–Kier alpha value is -6.96. The van der Waals surface area contributed by atoms with Crippen molar-refractivity contribution in [2.24, 2.45) is 0 Å². The smallest absolute Gasteiger partial charge is 0.0540 e. The molecular formula is C52H37N. The van der Waals surface area contributed by atoms with E-state index in [1.165, 1.54) is 66.4 Å². The Morgan fingerprint density at radius 3 is 1.34 bits per heavy atom. The van der Waals surface area contributed by atoms with E-state index in [9.17, 15) is 0 Å². The predicted octanol–water partition coefficient (Wildman–Crippen LogP) is 14.6. The normalized spacial score (nSPS) is 11.0. The van der Waals surface area contributed by atoms with Crippen LogP contribution in [0.15, 0.2) is 224 Å². The highest BCUT2D eigenvalue weighted by atomic mass is 15.1. The fraction of sp³-hybridized carbons (Fsp3) is 0. The van der Waals surface area contributed by atoms with Crippen LogP contribution in [-0.4, -0.2) is 0 Å². The van der Waals surface area contributed by atoms with Gasteiger partial charge < -0.3 is 4.90 Å². The Bertz CT molecular complexity index is 2640. The minimum Gasteiger partial charge on any atom is -0.310 e. The summed E-state index contributed by atoms with van der Waals surface area (Å²) in [6.45, 7) is 0. The van der Waals surface area contributed by atoms with Gasteiger partial charge in [0.25, 0.3) is 0 Å². The molecule has 0 saturated heterocycles. The van der Waals surface area contributed by atoms with Crippen LogP contribution in [0.2, 0.25) is 0 Å². The number of rotatable bonds is 8. The van der Waals surface area contributed by atoms with E-state index in [1.807, 2.05) is 0 Å². The van der Waals surface area contributed by atoms with E-state index in [1.54, 1.807) is 0 Å². The third kappa shape index (κ3) is 6.53.